The summed E-state index contributed by atoms with van der Waals surface area (Å²) in [7, 11) is 0. The maximum absolute atomic E-state index is 11.0. The molecule has 1 rings (SSSR count). The Labute approximate surface area is 110 Å². The minimum absolute atomic E-state index is 0.240. The second-order valence-corrected chi connectivity index (χ2v) is 4.39. The topological polar surface area (TPSA) is 26.3 Å². The van der Waals surface area contributed by atoms with Gasteiger partial charge in [-0.05, 0) is 45.1 Å². The van der Waals surface area contributed by atoms with Crippen molar-refractivity contribution in [2.75, 3.05) is 6.61 Å². The molecule has 0 saturated carbocycles. The van der Waals surface area contributed by atoms with E-state index in [2.05, 4.69) is 31.2 Å². The van der Waals surface area contributed by atoms with E-state index in [1.165, 1.54) is 17.2 Å². The Hall–Kier alpha value is -1.57. The van der Waals surface area contributed by atoms with Crippen molar-refractivity contribution in [1.82, 2.24) is 0 Å². The first-order valence-corrected chi connectivity index (χ1v) is 6.61. The summed E-state index contributed by atoms with van der Waals surface area (Å²) in [4.78, 5) is 11.0. The Morgan fingerprint density at radius 1 is 1.22 bits per heavy atom. The number of aryl methyl sites for hydroxylation is 2. The van der Waals surface area contributed by atoms with Crippen LogP contribution in [-0.2, 0) is 16.0 Å². The third-order valence-corrected chi connectivity index (χ3v) is 2.75. The van der Waals surface area contributed by atoms with E-state index in [-0.39, 0.29) is 5.97 Å². The van der Waals surface area contributed by atoms with E-state index >= 15 is 0 Å². The predicted molar refractivity (Wildman–Crippen MR) is 74.5 cm³/mol. The third kappa shape index (κ3) is 6.24. The van der Waals surface area contributed by atoms with Crippen LogP contribution in [0.25, 0.3) is 0 Å². The lowest BCUT2D eigenvalue weighted by Gasteiger charge is -2.01. The molecule has 0 bridgehead atoms. The van der Waals surface area contributed by atoms with Crippen LogP contribution in [0.2, 0.25) is 0 Å². The summed E-state index contributed by atoms with van der Waals surface area (Å²) in [5, 5.41) is 0. The van der Waals surface area contributed by atoms with E-state index in [1.54, 1.807) is 0 Å². The molecule has 0 unspecified atom stereocenters. The molecule has 18 heavy (non-hydrogen) atoms. The first-order chi connectivity index (χ1) is 8.72. The molecular formula is C16H22O2. The van der Waals surface area contributed by atoms with Crippen molar-refractivity contribution in [1.29, 1.82) is 0 Å². The Kier molecular flexibility index (Phi) is 6.85. The Morgan fingerprint density at radius 3 is 2.61 bits per heavy atom. The SMILES string of the molecule is CCOC(=O)/C=C/CCCCc1ccc(C)cc1. The number of hydrogen-bond donors (Lipinski definition) is 0. The third-order valence-electron chi connectivity index (χ3n) is 2.75. The number of allylic oxidation sites excluding steroid dienone is 1. The van der Waals surface area contributed by atoms with Crippen LogP contribution in [0, 0.1) is 6.92 Å². The van der Waals surface area contributed by atoms with Crippen LogP contribution in [0.15, 0.2) is 36.4 Å². The maximum atomic E-state index is 11.0. The van der Waals surface area contributed by atoms with Crippen LogP contribution in [0.4, 0.5) is 0 Å². The largest absolute Gasteiger partial charge is 0.463 e. The maximum Gasteiger partial charge on any atom is 0.330 e. The average molecular weight is 246 g/mol. The van der Waals surface area contributed by atoms with Gasteiger partial charge in [-0.3, -0.25) is 0 Å². The summed E-state index contributed by atoms with van der Waals surface area (Å²) >= 11 is 0. The number of rotatable bonds is 7. The highest BCUT2D eigenvalue weighted by Gasteiger charge is 1.94. The van der Waals surface area contributed by atoms with Gasteiger partial charge >= 0.3 is 5.97 Å². The molecule has 0 aliphatic heterocycles. The van der Waals surface area contributed by atoms with Crippen LogP contribution in [0.5, 0.6) is 0 Å². The molecule has 0 heterocycles. The van der Waals surface area contributed by atoms with Crippen molar-refractivity contribution < 1.29 is 9.53 Å². The quantitative estimate of drug-likeness (QED) is 0.415. The molecule has 0 aromatic heterocycles. The number of benzene rings is 1. The van der Waals surface area contributed by atoms with Crippen LogP contribution in [0.3, 0.4) is 0 Å². The van der Waals surface area contributed by atoms with Crippen LogP contribution >= 0.6 is 0 Å². The zero-order chi connectivity index (χ0) is 13.2. The van der Waals surface area contributed by atoms with E-state index in [0.717, 1.165) is 25.7 Å². The van der Waals surface area contributed by atoms with Gasteiger partial charge in [-0.2, -0.15) is 0 Å². The summed E-state index contributed by atoms with van der Waals surface area (Å²) < 4.78 is 4.80. The van der Waals surface area contributed by atoms with Crippen LogP contribution in [-0.4, -0.2) is 12.6 Å². The molecule has 1 aromatic rings. The molecule has 0 aliphatic carbocycles. The zero-order valence-electron chi connectivity index (χ0n) is 11.3. The first kappa shape index (κ1) is 14.5. The normalized spacial score (nSPS) is 10.8. The Morgan fingerprint density at radius 2 is 1.94 bits per heavy atom. The average Bonchev–Trinajstić information content (AvgIpc) is 2.36. The molecule has 0 amide bonds. The fourth-order valence-corrected chi connectivity index (χ4v) is 1.72. The molecule has 0 spiro atoms. The fourth-order valence-electron chi connectivity index (χ4n) is 1.72. The minimum atomic E-state index is -0.240. The predicted octanol–water partition coefficient (Wildman–Crippen LogP) is 3.83. The van der Waals surface area contributed by atoms with Gasteiger partial charge < -0.3 is 4.74 Å². The molecular weight excluding hydrogens is 224 g/mol. The van der Waals surface area contributed by atoms with Crippen molar-refractivity contribution in [3.8, 4) is 0 Å². The fraction of sp³-hybridized carbons (Fsp3) is 0.438. The van der Waals surface area contributed by atoms with Gasteiger partial charge in [-0.15, -0.1) is 0 Å². The van der Waals surface area contributed by atoms with Crippen molar-refractivity contribution in [2.45, 2.75) is 39.5 Å². The Balaban J connectivity index is 2.12. The lowest BCUT2D eigenvalue weighted by Crippen LogP contribution is -1.98. The zero-order valence-corrected chi connectivity index (χ0v) is 11.3. The molecule has 0 atom stereocenters. The van der Waals surface area contributed by atoms with Crippen molar-refractivity contribution in [2.24, 2.45) is 0 Å². The molecule has 2 heteroatoms. The van der Waals surface area contributed by atoms with Crippen molar-refractivity contribution >= 4 is 5.97 Å². The molecule has 0 fully saturated rings. The monoisotopic (exact) mass is 246 g/mol. The number of unbranched alkanes of at least 4 members (excludes halogenated alkanes) is 2. The van der Waals surface area contributed by atoms with E-state index < -0.39 is 0 Å². The van der Waals surface area contributed by atoms with E-state index in [1.807, 2.05) is 13.0 Å². The number of hydrogen-bond acceptors (Lipinski definition) is 2. The second-order valence-electron chi connectivity index (χ2n) is 4.39. The summed E-state index contributed by atoms with van der Waals surface area (Å²) in [6, 6.07) is 8.67. The van der Waals surface area contributed by atoms with E-state index in [4.69, 9.17) is 4.74 Å². The molecule has 0 radical (unpaired) electrons. The summed E-state index contributed by atoms with van der Waals surface area (Å²) in [6.07, 6.45) is 7.71. The van der Waals surface area contributed by atoms with Gasteiger partial charge in [0.15, 0.2) is 0 Å². The second kappa shape index (κ2) is 8.51. The van der Waals surface area contributed by atoms with Crippen LogP contribution in [0.1, 0.15) is 37.3 Å². The first-order valence-electron chi connectivity index (χ1n) is 6.61. The summed E-state index contributed by atoms with van der Waals surface area (Å²) in [5.74, 6) is -0.240. The van der Waals surface area contributed by atoms with Gasteiger partial charge in [0, 0.05) is 6.08 Å². The molecule has 98 valence electrons. The number of esters is 1. The summed E-state index contributed by atoms with van der Waals surface area (Å²) in [5.41, 5.74) is 2.69. The number of carbonyl (C=O) groups excluding carboxylic acids is 1. The van der Waals surface area contributed by atoms with Gasteiger partial charge in [0.1, 0.15) is 0 Å². The highest BCUT2D eigenvalue weighted by Crippen LogP contribution is 2.08. The lowest BCUT2D eigenvalue weighted by atomic mass is 10.1. The smallest absolute Gasteiger partial charge is 0.330 e. The van der Waals surface area contributed by atoms with Crippen LogP contribution < -0.4 is 0 Å². The molecule has 2 nitrogen and oxygen atoms in total. The molecule has 0 aliphatic rings. The molecule has 1 aromatic carbocycles. The highest BCUT2D eigenvalue weighted by atomic mass is 16.5. The van der Waals surface area contributed by atoms with E-state index in [9.17, 15) is 4.79 Å². The van der Waals surface area contributed by atoms with Crippen molar-refractivity contribution in [3.63, 3.8) is 0 Å². The van der Waals surface area contributed by atoms with Gasteiger partial charge in [0.05, 0.1) is 6.61 Å². The van der Waals surface area contributed by atoms with Gasteiger partial charge in [-0.25, -0.2) is 4.79 Å². The van der Waals surface area contributed by atoms with Gasteiger partial charge in [-0.1, -0.05) is 35.9 Å². The van der Waals surface area contributed by atoms with E-state index in [0.29, 0.717) is 6.61 Å². The number of ether oxygens (including phenoxy) is 1. The Bertz CT molecular complexity index is 377. The lowest BCUT2D eigenvalue weighted by molar-refractivity contribution is -0.137. The molecule has 0 N–H and O–H groups in total. The highest BCUT2D eigenvalue weighted by molar-refractivity contribution is 5.81. The van der Waals surface area contributed by atoms with Gasteiger partial charge in [0.2, 0.25) is 0 Å². The molecule has 0 saturated heterocycles. The number of carbonyl (C=O) groups is 1. The summed E-state index contributed by atoms with van der Waals surface area (Å²) in [6.45, 7) is 4.36. The van der Waals surface area contributed by atoms with Crippen molar-refractivity contribution in [3.05, 3.63) is 47.5 Å². The standard InChI is InChI=1S/C16H22O2/c1-3-18-16(17)9-7-5-4-6-8-15-12-10-14(2)11-13-15/h7,9-13H,3-6,8H2,1-2H3/b9-7+. The minimum Gasteiger partial charge on any atom is -0.463 e. The van der Waals surface area contributed by atoms with Gasteiger partial charge in [0.25, 0.3) is 0 Å².